The first kappa shape index (κ1) is 12.2. The number of unbranched alkanes of at least 4 members (excludes halogenated alkanes) is 2. The summed E-state index contributed by atoms with van der Waals surface area (Å²) < 4.78 is 27.7. The number of hydrogen-bond acceptors (Lipinski definition) is 3. The molecule has 0 fully saturated rings. The third kappa shape index (κ3) is 10.2. The molecule has 0 spiro atoms. The molecule has 0 saturated carbocycles. The van der Waals surface area contributed by atoms with Gasteiger partial charge in [0, 0.05) is 30.9 Å². The molecular weight excluding hydrogens is 202 g/mol. The Kier molecular flexibility index (Phi) is 6.74. The van der Waals surface area contributed by atoms with Crippen molar-refractivity contribution >= 4 is 19.9 Å². The van der Waals surface area contributed by atoms with Crippen LogP contribution in [0.3, 0.4) is 0 Å². The lowest BCUT2D eigenvalue weighted by molar-refractivity contribution is 0.192. The Balaban J connectivity index is 3.12. The molecular formula is C6H14ClNO3S. The first-order chi connectivity index (χ1) is 5.56. The molecule has 0 unspecified atom stereocenters. The minimum absolute atomic E-state index is 0.398. The molecule has 0 aliphatic rings. The average molecular weight is 216 g/mol. The second kappa shape index (κ2) is 6.65. The predicted octanol–water partition coefficient (Wildman–Crippen LogP) is 0.876. The Morgan fingerprint density at radius 3 is 2.50 bits per heavy atom. The van der Waals surface area contributed by atoms with Crippen LogP contribution in [0, 0.1) is 0 Å². The van der Waals surface area contributed by atoms with Crippen LogP contribution in [0.15, 0.2) is 0 Å². The monoisotopic (exact) mass is 215 g/mol. The van der Waals surface area contributed by atoms with Gasteiger partial charge in [-0.1, -0.05) is 0 Å². The second-order valence-corrected chi connectivity index (χ2v) is 4.77. The average Bonchev–Trinajstić information content (AvgIpc) is 1.94. The van der Waals surface area contributed by atoms with Gasteiger partial charge >= 0.3 is 0 Å². The molecule has 0 aromatic carbocycles. The van der Waals surface area contributed by atoms with E-state index in [1.54, 1.807) is 7.11 Å². The van der Waals surface area contributed by atoms with Gasteiger partial charge in [-0.05, 0) is 19.3 Å². The van der Waals surface area contributed by atoms with Crippen LogP contribution in [0.5, 0.6) is 0 Å². The molecule has 0 bridgehead atoms. The van der Waals surface area contributed by atoms with Crippen molar-refractivity contribution in [3.8, 4) is 0 Å². The zero-order valence-corrected chi connectivity index (χ0v) is 8.62. The topological polar surface area (TPSA) is 55.4 Å². The fourth-order valence-electron chi connectivity index (χ4n) is 0.742. The Hall–Kier alpha value is 0.160. The molecule has 0 aromatic rings. The number of methoxy groups -OCH3 is 1. The summed E-state index contributed by atoms with van der Waals surface area (Å²) in [5.41, 5.74) is 0. The van der Waals surface area contributed by atoms with Gasteiger partial charge in [-0.3, -0.25) is 0 Å². The summed E-state index contributed by atoms with van der Waals surface area (Å²) in [5.74, 6) is 0. The van der Waals surface area contributed by atoms with Crippen LogP contribution in [-0.2, 0) is 14.0 Å². The Labute approximate surface area is 77.8 Å². The van der Waals surface area contributed by atoms with E-state index in [1.807, 2.05) is 0 Å². The van der Waals surface area contributed by atoms with Gasteiger partial charge in [-0.2, -0.15) is 8.42 Å². The largest absolute Gasteiger partial charge is 0.385 e. The number of nitrogens with one attached hydrogen (secondary N) is 1. The molecule has 4 nitrogen and oxygen atoms in total. The van der Waals surface area contributed by atoms with Crippen molar-refractivity contribution in [3.05, 3.63) is 0 Å². The fourth-order valence-corrected chi connectivity index (χ4v) is 1.36. The van der Waals surface area contributed by atoms with Gasteiger partial charge in [-0.25, -0.2) is 4.72 Å². The van der Waals surface area contributed by atoms with E-state index in [2.05, 4.69) is 4.72 Å². The molecule has 74 valence electrons. The number of ether oxygens (including phenoxy) is 1. The van der Waals surface area contributed by atoms with Gasteiger partial charge in [0.25, 0.3) is 9.24 Å². The van der Waals surface area contributed by atoms with Crippen molar-refractivity contribution in [1.82, 2.24) is 4.72 Å². The standard InChI is InChI=1S/C6H14ClNO3S/c1-11-6-4-2-3-5-8-12(7,9)10/h8H,2-6H2,1H3. The van der Waals surface area contributed by atoms with E-state index in [0.717, 1.165) is 19.3 Å². The van der Waals surface area contributed by atoms with Crippen molar-refractivity contribution < 1.29 is 13.2 Å². The molecule has 0 atom stereocenters. The van der Waals surface area contributed by atoms with Gasteiger partial charge in [0.05, 0.1) is 0 Å². The molecule has 0 heterocycles. The highest BCUT2D eigenvalue weighted by Crippen LogP contribution is 1.96. The van der Waals surface area contributed by atoms with Crippen LogP contribution in [0.25, 0.3) is 0 Å². The summed E-state index contributed by atoms with van der Waals surface area (Å²) in [6.07, 6.45) is 2.67. The fraction of sp³-hybridized carbons (Fsp3) is 1.00. The number of hydrogen-bond donors (Lipinski definition) is 1. The molecule has 0 radical (unpaired) electrons. The van der Waals surface area contributed by atoms with Crippen LogP contribution in [0.1, 0.15) is 19.3 Å². The van der Waals surface area contributed by atoms with Gasteiger partial charge in [0.2, 0.25) is 0 Å². The van der Waals surface area contributed by atoms with Gasteiger partial charge in [-0.15, -0.1) is 0 Å². The zero-order chi connectivity index (χ0) is 9.45. The normalized spacial score (nSPS) is 11.8. The first-order valence-corrected chi connectivity index (χ1v) is 6.05. The molecule has 0 amide bonds. The van der Waals surface area contributed by atoms with E-state index in [1.165, 1.54) is 0 Å². The summed E-state index contributed by atoms with van der Waals surface area (Å²) in [4.78, 5) is 0. The van der Waals surface area contributed by atoms with E-state index >= 15 is 0 Å². The third-order valence-corrected chi connectivity index (χ3v) is 2.18. The Morgan fingerprint density at radius 1 is 1.33 bits per heavy atom. The first-order valence-electron chi connectivity index (χ1n) is 3.74. The molecule has 12 heavy (non-hydrogen) atoms. The molecule has 0 aliphatic heterocycles. The zero-order valence-electron chi connectivity index (χ0n) is 7.05. The maximum atomic E-state index is 10.3. The highest BCUT2D eigenvalue weighted by Gasteiger charge is 2.00. The molecule has 0 aliphatic carbocycles. The summed E-state index contributed by atoms with van der Waals surface area (Å²) in [6.45, 7) is 1.11. The third-order valence-electron chi connectivity index (χ3n) is 1.30. The highest BCUT2D eigenvalue weighted by molar-refractivity contribution is 8.12. The lowest BCUT2D eigenvalue weighted by Crippen LogP contribution is -2.19. The Bertz CT molecular complexity index is 193. The molecule has 1 N–H and O–H groups in total. The van der Waals surface area contributed by atoms with E-state index in [4.69, 9.17) is 15.4 Å². The molecule has 0 rings (SSSR count). The SMILES string of the molecule is COCCCCCNS(=O)(=O)Cl. The second-order valence-electron chi connectivity index (χ2n) is 2.39. The van der Waals surface area contributed by atoms with E-state index < -0.39 is 9.24 Å². The maximum Gasteiger partial charge on any atom is 0.297 e. The highest BCUT2D eigenvalue weighted by atomic mass is 35.7. The molecule has 0 aromatic heterocycles. The molecule has 0 saturated heterocycles. The van der Waals surface area contributed by atoms with Gasteiger partial charge in [0.1, 0.15) is 0 Å². The van der Waals surface area contributed by atoms with E-state index in [-0.39, 0.29) is 0 Å². The Morgan fingerprint density at radius 2 is 2.00 bits per heavy atom. The lowest BCUT2D eigenvalue weighted by Gasteiger charge is -2.00. The number of rotatable bonds is 7. The van der Waals surface area contributed by atoms with Crippen LogP contribution in [0.2, 0.25) is 0 Å². The molecule has 6 heteroatoms. The van der Waals surface area contributed by atoms with E-state index in [0.29, 0.717) is 13.2 Å². The van der Waals surface area contributed by atoms with Crippen molar-refractivity contribution in [3.63, 3.8) is 0 Å². The van der Waals surface area contributed by atoms with Crippen LogP contribution >= 0.6 is 10.7 Å². The lowest BCUT2D eigenvalue weighted by atomic mass is 10.2. The maximum absolute atomic E-state index is 10.3. The van der Waals surface area contributed by atoms with Crippen molar-refractivity contribution in [2.45, 2.75) is 19.3 Å². The summed E-state index contributed by atoms with van der Waals surface area (Å²) in [6, 6.07) is 0. The van der Waals surface area contributed by atoms with Crippen LogP contribution < -0.4 is 4.72 Å². The summed E-state index contributed by atoms with van der Waals surface area (Å²) in [5, 5.41) is 0. The smallest absolute Gasteiger partial charge is 0.297 e. The minimum Gasteiger partial charge on any atom is -0.385 e. The summed E-state index contributed by atoms with van der Waals surface area (Å²) >= 11 is 0. The minimum atomic E-state index is -3.53. The van der Waals surface area contributed by atoms with E-state index in [9.17, 15) is 8.42 Å². The summed E-state index contributed by atoms with van der Waals surface area (Å²) in [7, 11) is 3.02. The quantitative estimate of drug-likeness (QED) is 0.507. The van der Waals surface area contributed by atoms with Crippen LogP contribution in [-0.4, -0.2) is 28.7 Å². The van der Waals surface area contributed by atoms with Gasteiger partial charge < -0.3 is 4.74 Å². The van der Waals surface area contributed by atoms with Crippen molar-refractivity contribution in [1.29, 1.82) is 0 Å². The van der Waals surface area contributed by atoms with Crippen LogP contribution in [0.4, 0.5) is 0 Å². The predicted molar refractivity (Wildman–Crippen MR) is 48.5 cm³/mol. The number of halogens is 1. The van der Waals surface area contributed by atoms with Gasteiger partial charge in [0.15, 0.2) is 0 Å². The van der Waals surface area contributed by atoms with Crippen molar-refractivity contribution in [2.24, 2.45) is 0 Å². The van der Waals surface area contributed by atoms with Crippen molar-refractivity contribution in [2.75, 3.05) is 20.3 Å².